The maximum Gasteiger partial charge on any atom is 0.416 e. The van der Waals surface area contributed by atoms with Crippen LogP contribution in [0.5, 0.6) is 0 Å². The van der Waals surface area contributed by atoms with Gasteiger partial charge in [-0.05, 0) is 75.2 Å². The average Bonchev–Trinajstić information content (AvgIpc) is 3.27. The minimum absolute atomic E-state index is 0.114. The number of rotatable bonds is 4. The summed E-state index contributed by atoms with van der Waals surface area (Å²) in [4.78, 5) is 27.9. The number of carbonyl (C=O) groups excluding carboxylic acids is 1. The van der Waals surface area contributed by atoms with Gasteiger partial charge in [-0.15, -0.1) is 0 Å². The Hall–Kier alpha value is -4.41. The summed E-state index contributed by atoms with van der Waals surface area (Å²) in [5.74, 6) is 0.875. The Morgan fingerprint density at radius 1 is 1.00 bits per heavy atom. The fourth-order valence-corrected chi connectivity index (χ4v) is 4.39. The number of amides is 1. The Morgan fingerprint density at radius 2 is 1.77 bits per heavy atom. The van der Waals surface area contributed by atoms with E-state index in [4.69, 9.17) is 9.72 Å². The molecule has 2 aromatic carbocycles. The zero-order valence-corrected chi connectivity index (χ0v) is 22.6. The number of nitrogens with zero attached hydrogens (tertiary/aromatic N) is 5. The number of benzene rings is 2. The maximum atomic E-state index is 13.3. The lowest BCUT2D eigenvalue weighted by Gasteiger charge is -2.29. The minimum atomic E-state index is -4.48. The average molecular weight is 551 g/mol. The second kappa shape index (κ2) is 10.3. The molecule has 0 fully saturated rings. The summed E-state index contributed by atoms with van der Waals surface area (Å²) in [7, 11) is 1.95. The zero-order chi connectivity index (χ0) is 28.7. The van der Waals surface area contributed by atoms with Gasteiger partial charge in [-0.1, -0.05) is 12.1 Å². The number of halogens is 3. The van der Waals surface area contributed by atoms with Crippen molar-refractivity contribution in [1.29, 1.82) is 0 Å². The fraction of sp³-hybridized carbons (Fsp3) is 0.310. The highest BCUT2D eigenvalue weighted by Gasteiger charge is 2.30. The molecule has 0 saturated heterocycles. The Labute approximate surface area is 229 Å². The van der Waals surface area contributed by atoms with Crippen LogP contribution in [0, 0.1) is 0 Å². The molecule has 208 valence electrons. The Balaban J connectivity index is 1.50. The zero-order valence-electron chi connectivity index (χ0n) is 22.6. The van der Waals surface area contributed by atoms with Crippen LogP contribution in [-0.4, -0.2) is 49.2 Å². The number of aryl methyl sites for hydroxylation is 1. The first-order chi connectivity index (χ1) is 18.9. The summed E-state index contributed by atoms with van der Waals surface area (Å²) in [5.41, 5.74) is 1.40. The molecule has 1 aliphatic rings. The second-order valence-electron chi connectivity index (χ2n) is 10.6. The van der Waals surface area contributed by atoms with Crippen LogP contribution < -0.4 is 5.32 Å². The number of hydrogen-bond donors (Lipinski definition) is 1. The molecule has 0 aliphatic carbocycles. The molecule has 11 heteroatoms. The van der Waals surface area contributed by atoms with Crippen LogP contribution >= 0.6 is 0 Å². The van der Waals surface area contributed by atoms with E-state index in [0.29, 0.717) is 31.2 Å². The first kappa shape index (κ1) is 27.2. The molecule has 40 heavy (non-hydrogen) atoms. The highest BCUT2D eigenvalue weighted by molar-refractivity contribution is 5.85. The quantitative estimate of drug-likeness (QED) is 0.300. The lowest BCUT2D eigenvalue weighted by Crippen LogP contribution is -2.39. The summed E-state index contributed by atoms with van der Waals surface area (Å²) >= 11 is 0. The van der Waals surface area contributed by atoms with Gasteiger partial charge in [0.25, 0.3) is 0 Å². The van der Waals surface area contributed by atoms with Gasteiger partial charge in [0.05, 0.1) is 5.56 Å². The third-order valence-corrected chi connectivity index (χ3v) is 6.37. The van der Waals surface area contributed by atoms with Gasteiger partial charge in [-0.3, -0.25) is 0 Å². The van der Waals surface area contributed by atoms with Gasteiger partial charge in [0.15, 0.2) is 11.6 Å². The number of aromatic nitrogens is 4. The van der Waals surface area contributed by atoms with Gasteiger partial charge in [0, 0.05) is 48.5 Å². The predicted octanol–water partition coefficient (Wildman–Crippen LogP) is 6.82. The number of anilines is 2. The molecule has 0 radical (unpaired) electrons. The summed E-state index contributed by atoms with van der Waals surface area (Å²) in [6.45, 7) is 6.17. The van der Waals surface area contributed by atoms with Crippen molar-refractivity contribution in [3.63, 3.8) is 0 Å². The van der Waals surface area contributed by atoms with Crippen molar-refractivity contribution in [2.75, 3.05) is 18.4 Å². The Morgan fingerprint density at radius 3 is 2.48 bits per heavy atom. The van der Waals surface area contributed by atoms with E-state index in [1.165, 1.54) is 12.1 Å². The molecule has 0 spiro atoms. The maximum absolute atomic E-state index is 13.3. The molecule has 3 heterocycles. The smallest absolute Gasteiger partial charge is 0.416 e. The highest BCUT2D eigenvalue weighted by atomic mass is 19.4. The van der Waals surface area contributed by atoms with E-state index in [-0.39, 0.29) is 11.6 Å². The van der Waals surface area contributed by atoms with Crippen molar-refractivity contribution >= 4 is 34.2 Å². The van der Waals surface area contributed by atoms with E-state index >= 15 is 0 Å². The third kappa shape index (κ3) is 6.08. The van der Waals surface area contributed by atoms with Crippen molar-refractivity contribution in [2.45, 2.75) is 39.0 Å². The van der Waals surface area contributed by atoms with Crippen LogP contribution in [0.1, 0.15) is 38.6 Å². The molecule has 1 aliphatic heterocycles. The van der Waals surface area contributed by atoms with E-state index in [1.54, 1.807) is 4.90 Å². The predicted molar refractivity (Wildman–Crippen MR) is 147 cm³/mol. The van der Waals surface area contributed by atoms with Gasteiger partial charge >= 0.3 is 12.3 Å². The summed E-state index contributed by atoms with van der Waals surface area (Å²) < 4.78 is 47.4. The van der Waals surface area contributed by atoms with Gasteiger partial charge < -0.3 is 19.5 Å². The first-order valence-corrected chi connectivity index (χ1v) is 12.8. The molecular formula is C29H29F3N6O2. The largest absolute Gasteiger partial charge is 0.444 e. The Bertz CT molecular complexity index is 1600. The first-order valence-electron chi connectivity index (χ1n) is 12.8. The molecule has 1 amide bonds. The molecular weight excluding hydrogens is 521 g/mol. The minimum Gasteiger partial charge on any atom is -0.444 e. The summed E-state index contributed by atoms with van der Waals surface area (Å²) in [6.07, 6.45) is -0.589. The van der Waals surface area contributed by atoms with Crippen molar-refractivity contribution in [3.8, 4) is 11.4 Å². The lowest BCUT2D eigenvalue weighted by atomic mass is 10.1. The van der Waals surface area contributed by atoms with Crippen LogP contribution in [0.15, 0.2) is 60.8 Å². The van der Waals surface area contributed by atoms with Crippen LogP contribution in [0.4, 0.5) is 29.6 Å². The molecule has 5 rings (SSSR count). The van der Waals surface area contributed by atoms with E-state index in [1.807, 2.05) is 68.9 Å². The SMILES string of the molecule is Cn1ccc2cc(-c3nc(Nc4cccc(C(F)(F)F)c4)nc(C4=CCN(C(=O)OC(C)(C)C)CC4)n3)ccc21. The Kier molecular flexibility index (Phi) is 6.99. The molecule has 0 bridgehead atoms. The molecule has 2 aromatic heterocycles. The molecule has 4 aromatic rings. The number of alkyl halides is 3. The van der Waals surface area contributed by atoms with Crippen molar-refractivity contribution in [3.05, 3.63) is 72.2 Å². The van der Waals surface area contributed by atoms with Crippen LogP contribution in [0.2, 0.25) is 0 Å². The van der Waals surface area contributed by atoms with Crippen LogP contribution in [0.25, 0.3) is 27.9 Å². The summed E-state index contributed by atoms with van der Waals surface area (Å²) in [6, 6.07) is 12.7. The molecule has 8 nitrogen and oxygen atoms in total. The number of nitrogens with one attached hydrogen (secondary N) is 1. The van der Waals surface area contributed by atoms with Crippen LogP contribution in [0.3, 0.4) is 0 Å². The molecule has 0 atom stereocenters. The van der Waals surface area contributed by atoms with E-state index < -0.39 is 23.4 Å². The standard InChI is InChI=1S/C29H29F3N6O2/c1-28(2,3)40-27(39)38-14-11-18(12-15-38)24-34-25(20-8-9-23-19(16-20)10-13-37(23)4)36-26(35-24)33-22-7-5-6-21(17-22)29(30,31)32/h5-11,13,16-17H,12,14-15H2,1-4H3,(H,33,34,35,36). The summed E-state index contributed by atoms with van der Waals surface area (Å²) in [5, 5.41) is 3.92. The fourth-order valence-electron chi connectivity index (χ4n) is 4.39. The number of carbonyl (C=O) groups is 1. The van der Waals surface area contributed by atoms with Gasteiger partial charge in [-0.2, -0.15) is 23.1 Å². The van der Waals surface area contributed by atoms with Gasteiger partial charge in [0.1, 0.15) is 5.60 Å². The monoisotopic (exact) mass is 550 g/mol. The number of fused-ring (bicyclic) bond motifs is 1. The number of ether oxygens (including phenoxy) is 1. The number of hydrogen-bond acceptors (Lipinski definition) is 6. The van der Waals surface area contributed by atoms with Crippen LogP contribution in [-0.2, 0) is 18.0 Å². The highest BCUT2D eigenvalue weighted by Crippen LogP contribution is 2.32. The van der Waals surface area contributed by atoms with Crippen molar-refractivity contribution in [2.24, 2.45) is 7.05 Å². The molecule has 1 N–H and O–H groups in total. The lowest BCUT2D eigenvalue weighted by molar-refractivity contribution is -0.137. The third-order valence-electron chi connectivity index (χ3n) is 6.37. The topological polar surface area (TPSA) is 85.2 Å². The molecule has 0 unspecified atom stereocenters. The van der Waals surface area contributed by atoms with E-state index in [9.17, 15) is 18.0 Å². The normalized spacial score (nSPS) is 14.3. The molecule has 0 saturated carbocycles. The van der Waals surface area contributed by atoms with E-state index in [0.717, 1.165) is 34.2 Å². The van der Waals surface area contributed by atoms with Gasteiger partial charge in [0.2, 0.25) is 5.95 Å². The van der Waals surface area contributed by atoms with E-state index in [2.05, 4.69) is 15.3 Å². The second-order valence-corrected chi connectivity index (χ2v) is 10.6. The van der Waals surface area contributed by atoms with Crippen molar-refractivity contribution in [1.82, 2.24) is 24.4 Å². The van der Waals surface area contributed by atoms with Gasteiger partial charge in [-0.25, -0.2) is 9.78 Å². The van der Waals surface area contributed by atoms with Crippen molar-refractivity contribution < 1.29 is 22.7 Å².